The molecule has 1 aromatic carbocycles. The van der Waals surface area contributed by atoms with Crippen LogP contribution in [0.5, 0.6) is 0 Å². The van der Waals surface area contributed by atoms with Crippen molar-refractivity contribution in [2.45, 2.75) is 13.8 Å². The van der Waals surface area contributed by atoms with E-state index in [1.54, 1.807) is 0 Å². The number of quaternary nitrogens is 1. The number of hydrogen-bond acceptors (Lipinski definition) is 4. The quantitative estimate of drug-likeness (QED) is 0.448. The molecular formula is C13H19N2O4+. The number of carbonyl (C=O) groups excluding carboxylic acids is 1. The molecule has 0 radical (unpaired) electrons. The van der Waals surface area contributed by atoms with E-state index in [1.165, 1.54) is 29.2 Å². The largest absolute Gasteiger partial charge is 0.456 e. The number of non-ortho nitro benzene ring substituents is 1. The molecule has 0 amide bonds. The number of rotatable bonds is 7. The van der Waals surface area contributed by atoms with E-state index in [0.29, 0.717) is 12.2 Å². The number of nitro groups is 1. The fraction of sp³-hybridized carbons (Fsp3) is 0.462. The number of nitro benzene ring substituents is 1. The number of likely N-dealkylation sites (N-methyl/N-ethyl adjacent to an activating group) is 1. The number of hydrogen-bond donors (Lipinski definition) is 1. The van der Waals surface area contributed by atoms with E-state index in [4.69, 9.17) is 4.74 Å². The molecule has 6 nitrogen and oxygen atoms in total. The van der Waals surface area contributed by atoms with Crippen molar-refractivity contribution in [1.29, 1.82) is 0 Å². The Morgan fingerprint density at radius 2 is 1.84 bits per heavy atom. The molecule has 1 aromatic rings. The molecule has 0 saturated heterocycles. The summed E-state index contributed by atoms with van der Waals surface area (Å²) < 4.78 is 5.13. The molecule has 0 spiro atoms. The van der Waals surface area contributed by atoms with Crippen molar-refractivity contribution in [2.75, 3.05) is 26.2 Å². The number of esters is 1. The van der Waals surface area contributed by atoms with E-state index in [1.807, 2.05) is 0 Å². The zero-order valence-electron chi connectivity index (χ0n) is 11.2. The highest BCUT2D eigenvalue weighted by atomic mass is 16.6. The van der Waals surface area contributed by atoms with Crippen molar-refractivity contribution < 1.29 is 19.4 Å². The van der Waals surface area contributed by atoms with E-state index in [9.17, 15) is 14.9 Å². The van der Waals surface area contributed by atoms with Crippen LogP contribution >= 0.6 is 0 Å². The predicted molar refractivity (Wildman–Crippen MR) is 70.3 cm³/mol. The number of nitrogens with zero attached hydrogens (tertiary/aromatic N) is 1. The van der Waals surface area contributed by atoms with Gasteiger partial charge in [0.2, 0.25) is 0 Å². The van der Waals surface area contributed by atoms with Gasteiger partial charge in [-0.05, 0) is 26.0 Å². The van der Waals surface area contributed by atoms with Crippen molar-refractivity contribution >= 4 is 11.7 Å². The molecule has 0 heterocycles. The highest BCUT2D eigenvalue weighted by Crippen LogP contribution is 2.12. The van der Waals surface area contributed by atoms with Gasteiger partial charge in [-0.2, -0.15) is 0 Å². The van der Waals surface area contributed by atoms with Gasteiger partial charge in [0.05, 0.1) is 23.6 Å². The van der Waals surface area contributed by atoms with Crippen LogP contribution in [-0.4, -0.2) is 37.1 Å². The summed E-state index contributed by atoms with van der Waals surface area (Å²) >= 11 is 0. The minimum absolute atomic E-state index is 0.0378. The van der Waals surface area contributed by atoms with E-state index in [2.05, 4.69) is 13.8 Å². The zero-order chi connectivity index (χ0) is 14.3. The second kappa shape index (κ2) is 7.48. The number of benzene rings is 1. The lowest BCUT2D eigenvalue weighted by molar-refractivity contribution is -0.896. The molecule has 0 atom stereocenters. The summed E-state index contributed by atoms with van der Waals surface area (Å²) in [7, 11) is 0. The molecule has 0 fully saturated rings. The fourth-order valence-corrected chi connectivity index (χ4v) is 1.69. The molecule has 0 aromatic heterocycles. The molecule has 104 valence electrons. The Balaban J connectivity index is 2.47. The summed E-state index contributed by atoms with van der Waals surface area (Å²) in [6.45, 7) is 7.27. The van der Waals surface area contributed by atoms with Gasteiger partial charge < -0.3 is 9.64 Å². The number of carbonyl (C=O) groups is 1. The zero-order valence-corrected chi connectivity index (χ0v) is 11.2. The van der Waals surface area contributed by atoms with Gasteiger partial charge in [-0.3, -0.25) is 10.1 Å². The topological polar surface area (TPSA) is 73.9 Å². The van der Waals surface area contributed by atoms with E-state index in [-0.39, 0.29) is 5.69 Å². The number of ether oxygens (including phenoxy) is 1. The van der Waals surface area contributed by atoms with E-state index >= 15 is 0 Å². The van der Waals surface area contributed by atoms with Crippen LogP contribution in [0.3, 0.4) is 0 Å². The minimum Gasteiger partial charge on any atom is -0.456 e. The summed E-state index contributed by atoms with van der Waals surface area (Å²) in [4.78, 5) is 23.0. The lowest BCUT2D eigenvalue weighted by atomic mass is 10.2. The summed E-state index contributed by atoms with van der Waals surface area (Å²) in [6, 6.07) is 5.41. The predicted octanol–water partition coefficient (Wildman–Crippen LogP) is 0.676. The van der Waals surface area contributed by atoms with Crippen LogP contribution in [0, 0.1) is 10.1 Å². The Morgan fingerprint density at radius 1 is 1.26 bits per heavy atom. The highest BCUT2D eigenvalue weighted by molar-refractivity contribution is 5.89. The molecule has 0 saturated carbocycles. The molecule has 6 heteroatoms. The van der Waals surface area contributed by atoms with Crippen LogP contribution in [0.15, 0.2) is 24.3 Å². The van der Waals surface area contributed by atoms with Gasteiger partial charge >= 0.3 is 5.97 Å². The maximum absolute atomic E-state index is 11.7. The lowest BCUT2D eigenvalue weighted by Crippen LogP contribution is -3.11. The molecule has 0 aliphatic heterocycles. The van der Waals surface area contributed by atoms with Crippen LogP contribution < -0.4 is 4.90 Å². The standard InChI is InChI=1S/C13H18N2O4/c1-3-14(4-2)9-10-19-13(16)11-5-7-12(8-6-11)15(17)18/h5-8H,3-4,9-10H2,1-2H3/p+1. The fourth-order valence-electron chi connectivity index (χ4n) is 1.69. The summed E-state index contributed by atoms with van der Waals surface area (Å²) in [6.07, 6.45) is 0. The Hall–Kier alpha value is -1.95. The Morgan fingerprint density at radius 3 is 2.32 bits per heavy atom. The maximum Gasteiger partial charge on any atom is 0.338 e. The van der Waals surface area contributed by atoms with Crippen molar-refractivity contribution in [1.82, 2.24) is 0 Å². The normalized spacial score (nSPS) is 10.5. The molecule has 0 bridgehead atoms. The third kappa shape index (κ3) is 4.67. The summed E-state index contributed by atoms with van der Waals surface area (Å²) in [5, 5.41) is 10.5. The lowest BCUT2D eigenvalue weighted by Gasteiger charge is -2.14. The van der Waals surface area contributed by atoms with Crippen LogP contribution in [0.1, 0.15) is 24.2 Å². The molecule has 19 heavy (non-hydrogen) atoms. The van der Waals surface area contributed by atoms with Crippen LogP contribution in [-0.2, 0) is 4.74 Å². The van der Waals surface area contributed by atoms with Crippen molar-refractivity contribution in [3.05, 3.63) is 39.9 Å². The third-order valence-corrected chi connectivity index (χ3v) is 3.00. The molecular weight excluding hydrogens is 248 g/mol. The minimum atomic E-state index is -0.501. The Labute approximate surface area is 112 Å². The first-order chi connectivity index (χ1) is 9.08. The molecule has 1 N–H and O–H groups in total. The van der Waals surface area contributed by atoms with E-state index < -0.39 is 10.9 Å². The monoisotopic (exact) mass is 267 g/mol. The van der Waals surface area contributed by atoms with Gasteiger partial charge in [0, 0.05) is 12.1 Å². The molecule has 0 unspecified atom stereocenters. The number of nitrogens with one attached hydrogen (secondary N) is 1. The summed E-state index contributed by atoms with van der Waals surface area (Å²) in [5.74, 6) is -0.443. The highest BCUT2D eigenvalue weighted by Gasteiger charge is 2.11. The van der Waals surface area contributed by atoms with Crippen molar-refractivity contribution in [3.63, 3.8) is 0 Å². The molecule has 0 aliphatic rings. The second-order valence-corrected chi connectivity index (χ2v) is 4.15. The Bertz CT molecular complexity index is 427. The maximum atomic E-state index is 11.7. The van der Waals surface area contributed by atoms with Gasteiger partial charge in [0.15, 0.2) is 0 Å². The van der Waals surface area contributed by atoms with E-state index in [0.717, 1.165) is 19.6 Å². The van der Waals surface area contributed by atoms with Gasteiger partial charge in [-0.15, -0.1) is 0 Å². The van der Waals surface area contributed by atoms with Crippen molar-refractivity contribution in [3.8, 4) is 0 Å². The van der Waals surface area contributed by atoms with Crippen LogP contribution in [0.25, 0.3) is 0 Å². The summed E-state index contributed by atoms with van der Waals surface area (Å²) in [5.41, 5.74) is 0.296. The van der Waals surface area contributed by atoms with Crippen LogP contribution in [0.2, 0.25) is 0 Å². The van der Waals surface area contributed by atoms with Gasteiger partial charge in [0.25, 0.3) is 5.69 Å². The van der Waals surface area contributed by atoms with Gasteiger partial charge in [-0.1, -0.05) is 0 Å². The smallest absolute Gasteiger partial charge is 0.338 e. The van der Waals surface area contributed by atoms with Gasteiger partial charge in [0.1, 0.15) is 13.2 Å². The first-order valence-corrected chi connectivity index (χ1v) is 6.33. The van der Waals surface area contributed by atoms with Crippen LogP contribution in [0.4, 0.5) is 5.69 Å². The SMILES string of the molecule is CC[NH+](CC)CCOC(=O)c1ccc([N+](=O)[O-])cc1. The Kier molecular flexibility index (Phi) is 5.95. The molecule has 1 rings (SSSR count). The average molecular weight is 267 g/mol. The average Bonchev–Trinajstić information content (AvgIpc) is 2.43. The van der Waals surface area contributed by atoms with Crippen molar-refractivity contribution in [2.24, 2.45) is 0 Å². The van der Waals surface area contributed by atoms with Gasteiger partial charge in [-0.25, -0.2) is 4.79 Å². The molecule has 0 aliphatic carbocycles. The third-order valence-electron chi connectivity index (χ3n) is 3.00. The first kappa shape index (κ1) is 15.1. The second-order valence-electron chi connectivity index (χ2n) is 4.15. The first-order valence-electron chi connectivity index (χ1n) is 6.33.